The highest BCUT2D eigenvalue weighted by Gasteiger charge is 1.85. The van der Waals surface area contributed by atoms with Crippen LogP contribution in [0.5, 0.6) is 0 Å². The molecule has 0 aliphatic rings. The third-order valence-electron chi connectivity index (χ3n) is 1.18. The standard InChI is InChI=1S/C8H17NS/c1-3-5-6-8-10-9-7-4-2/h4,9H,2-3,5-8H2,1H3. The monoisotopic (exact) mass is 159 g/mol. The van der Waals surface area contributed by atoms with Crippen LogP contribution >= 0.6 is 11.9 Å². The molecule has 10 heavy (non-hydrogen) atoms. The van der Waals surface area contributed by atoms with E-state index in [2.05, 4.69) is 18.2 Å². The largest absolute Gasteiger partial charge is 0.260 e. The molecule has 0 aromatic heterocycles. The molecule has 0 aromatic carbocycles. The van der Waals surface area contributed by atoms with Crippen molar-refractivity contribution in [2.45, 2.75) is 26.2 Å². The summed E-state index contributed by atoms with van der Waals surface area (Å²) in [6.07, 6.45) is 5.86. The second-order valence-corrected chi connectivity index (χ2v) is 3.18. The highest BCUT2D eigenvalue weighted by molar-refractivity contribution is 7.97. The van der Waals surface area contributed by atoms with Crippen LogP contribution in [0.2, 0.25) is 0 Å². The summed E-state index contributed by atoms with van der Waals surface area (Å²) in [6, 6.07) is 0. The molecule has 0 fully saturated rings. The van der Waals surface area contributed by atoms with Crippen molar-refractivity contribution in [3.8, 4) is 0 Å². The lowest BCUT2D eigenvalue weighted by molar-refractivity contribution is 0.777. The summed E-state index contributed by atoms with van der Waals surface area (Å²) < 4.78 is 3.19. The Morgan fingerprint density at radius 2 is 2.30 bits per heavy atom. The molecular weight excluding hydrogens is 142 g/mol. The Morgan fingerprint density at radius 3 is 2.90 bits per heavy atom. The van der Waals surface area contributed by atoms with Gasteiger partial charge in [-0.1, -0.05) is 37.8 Å². The van der Waals surface area contributed by atoms with Crippen LogP contribution in [-0.4, -0.2) is 12.3 Å². The molecule has 1 nitrogen and oxygen atoms in total. The van der Waals surface area contributed by atoms with Gasteiger partial charge in [0.15, 0.2) is 0 Å². The first-order valence-electron chi connectivity index (χ1n) is 3.87. The van der Waals surface area contributed by atoms with Crippen molar-refractivity contribution in [2.75, 3.05) is 12.3 Å². The Labute approximate surface area is 68.4 Å². The summed E-state index contributed by atoms with van der Waals surface area (Å²) in [4.78, 5) is 0. The number of rotatable bonds is 7. The van der Waals surface area contributed by atoms with Crippen LogP contribution < -0.4 is 4.72 Å². The van der Waals surface area contributed by atoms with E-state index in [0.717, 1.165) is 6.54 Å². The van der Waals surface area contributed by atoms with E-state index in [0.29, 0.717) is 0 Å². The molecule has 0 saturated heterocycles. The van der Waals surface area contributed by atoms with E-state index in [4.69, 9.17) is 0 Å². The molecule has 0 unspecified atom stereocenters. The maximum Gasteiger partial charge on any atom is 0.0237 e. The number of hydrogen-bond acceptors (Lipinski definition) is 2. The van der Waals surface area contributed by atoms with Crippen LogP contribution in [0.4, 0.5) is 0 Å². The van der Waals surface area contributed by atoms with Crippen molar-refractivity contribution in [2.24, 2.45) is 0 Å². The predicted octanol–water partition coefficient (Wildman–Crippen LogP) is 2.60. The van der Waals surface area contributed by atoms with Crippen molar-refractivity contribution in [3.05, 3.63) is 12.7 Å². The lowest BCUT2D eigenvalue weighted by Gasteiger charge is -1.98. The van der Waals surface area contributed by atoms with Gasteiger partial charge in [-0.25, -0.2) is 0 Å². The fourth-order valence-electron chi connectivity index (χ4n) is 0.614. The molecule has 0 spiro atoms. The molecule has 0 aromatic rings. The van der Waals surface area contributed by atoms with Gasteiger partial charge in [-0.05, 0) is 6.42 Å². The van der Waals surface area contributed by atoms with Crippen molar-refractivity contribution in [3.63, 3.8) is 0 Å². The third-order valence-corrected chi connectivity index (χ3v) is 2.04. The number of nitrogens with one attached hydrogen (secondary N) is 1. The van der Waals surface area contributed by atoms with Crippen LogP contribution in [0.3, 0.4) is 0 Å². The molecule has 0 bridgehead atoms. The lowest BCUT2D eigenvalue weighted by Crippen LogP contribution is -2.02. The van der Waals surface area contributed by atoms with Gasteiger partial charge in [0, 0.05) is 12.3 Å². The van der Waals surface area contributed by atoms with Gasteiger partial charge in [0.2, 0.25) is 0 Å². The third kappa shape index (κ3) is 8.05. The summed E-state index contributed by atoms with van der Waals surface area (Å²) in [5.74, 6) is 1.22. The van der Waals surface area contributed by atoms with E-state index in [1.165, 1.54) is 25.0 Å². The molecule has 1 N–H and O–H groups in total. The summed E-state index contributed by atoms with van der Waals surface area (Å²) in [6.45, 7) is 6.76. The highest BCUT2D eigenvalue weighted by Crippen LogP contribution is 2.01. The predicted molar refractivity (Wildman–Crippen MR) is 50.2 cm³/mol. The fraction of sp³-hybridized carbons (Fsp3) is 0.750. The molecule has 2 heteroatoms. The molecule has 60 valence electrons. The summed E-state index contributed by atoms with van der Waals surface area (Å²) in [5, 5.41) is 0. The van der Waals surface area contributed by atoms with Crippen LogP contribution in [-0.2, 0) is 0 Å². The minimum atomic E-state index is 0.913. The van der Waals surface area contributed by atoms with E-state index in [1.54, 1.807) is 11.9 Å². The number of hydrogen-bond donors (Lipinski definition) is 1. The van der Waals surface area contributed by atoms with Crippen molar-refractivity contribution in [1.82, 2.24) is 4.72 Å². The smallest absolute Gasteiger partial charge is 0.0237 e. The second kappa shape index (κ2) is 9.05. The molecule has 0 aliphatic carbocycles. The minimum absolute atomic E-state index is 0.913. The lowest BCUT2D eigenvalue weighted by atomic mass is 10.3. The Bertz CT molecular complexity index is 73.7. The molecular formula is C8H17NS. The Kier molecular flexibility index (Phi) is 9.10. The first-order chi connectivity index (χ1) is 4.91. The van der Waals surface area contributed by atoms with E-state index < -0.39 is 0 Å². The molecule has 0 atom stereocenters. The zero-order chi connectivity index (χ0) is 7.66. The second-order valence-electron chi connectivity index (χ2n) is 2.19. The van der Waals surface area contributed by atoms with Gasteiger partial charge in [-0.3, -0.25) is 4.72 Å². The summed E-state index contributed by atoms with van der Waals surface area (Å²) >= 11 is 1.80. The van der Waals surface area contributed by atoms with Crippen molar-refractivity contribution >= 4 is 11.9 Å². The molecule has 0 aliphatic heterocycles. The topological polar surface area (TPSA) is 12.0 Å². The van der Waals surface area contributed by atoms with Gasteiger partial charge in [0.1, 0.15) is 0 Å². The van der Waals surface area contributed by atoms with E-state index >= 15 is 0 Å². The Morgan fingerprint density at radius 1 is 1.50 bits per heavy atom. The average Bonchev–Trinajstić information content (AvgIpc) is 1.97. The zero-order valence-electron chi connectivity index (χ0n) is 6.73. The van der Waals surface area contributed by atoms with Gasteiger partial charge in [0.25, 0.3) is 0 Å². The summed E-state index contributed by atoms with van der Waals surface area (Å²) in [7, 11) is 0. The first kappa shape index (κ1) is 10.0. The average molecular weight is 159 g/mol. The molecule has 0 heterocycles. The van der Waals surface area contributed by atoms with Gasteiger partial charge >= 0.3 is 0 Å². The van der Waals surface area contributed by atoms with Gasteiger partial charge in [-0.2, -0.15) is 0 Å². The van der Waals surface area contributed by atoms with Crippen LogP contribution in [0, 0.1) is 0 Å². The minimum Gasteiger partial charge on any atom is -0.260 e. The maximum absolute atomic E-state index is 3.62. The molecule has 0 radical (unpaired) electrons. The quantitative estimate of drug-likeness (QED) is 0.348. The number of unbranched alkanes of at least 4 members (excludes halogenated alkanes) is 2. The van der Waals surface area contributed by atoms with Gasteiger partial charge in [-0.15, -0.1) is 6.58 Å². The SMILES string of the molecule is C=CCNSCCCCC. The van der Waals surface area contributed by atoms with Crippen LogP contribution in [0.15, 0.2) is 12.7 Å². The van der Waals surface area contributed by atoms with E-state index in [9.17, 15) is 0 Å². The zero-order valence-corrected chi connectivity index (χ0v) is 7.54. The van der Waals surface area contributed by atoms with Gasteiger partial charge in [0.05, 0.1) is 0 Å². The highest BCUT2D eigenvalue weighted by atomic mass is 32.2. The molecule has 0 amide bonds. The Hall–Kier alpha value is 0.0500. The Balaban J connectivity index is 2.70. The fourth-order valence-corrected chi connectivity index (χ4v) is 1.34. The van der Waals surface area contributed by atoms with Crippen LogP contribution in [0.25, 0.3) is 0 Å². The van der Waals surface area contributed by atoms with Crippen molar-refractivity contribution < 1.29 is 0 Å². The normalized spacial score (nSPS) is 9.70. The van der Waals surface area contributed by atoms with Crippen molar-refractivity contribution in [1.29, 1.82) is 0 Å². The molecule has 0 saturated carbocycles. The first-order valence-corrected chi connectivity index (χ1v) is 4.86. The van der Waals surface area contributed by atoms with E-state index in [-0.39, 0.29) is 0 Å². The van der Waals surface area contributed by atoms with Crippen LogP contribution in [0.1, 0.15) is 26.2 Å². The maximum atomic E-state index is 3.62. The van der Waals surface area contributed by atoms with Gasteiger partial charge < -0.3 is 0 Å². The van der Waals surface area contributed by atoms with E-state index in [1.807, 2.05) is 6.08 Å². The summed E-state index contributed by atoms with van der Waals surface area (Å²) in [5.41, 5.74) is 0. The molecule has 0 rings (SSSR count).